The van der Waals surface area contributed by atoms with E-state index >= 15 is 0 Å². The van der Waals surface area contributed by atoms with E-state index in [-0.39, 0.29) is 17.9 Å². The molecule has 0 saturated heterocycles. The second-order valence-corrected chi connectivity index (χ2v) is 11.8. The Kier molecular flexibility index (Phi) is 7.89. The van der Waals surface area contributed by atoms with Crippen molar-refractivity contribution in [2.75, 3.05) is 26.7 Å². The van der Waals surface area contributed by atoms with E-state index < -0.39 is 5.41 Å². The van der Waals surface area contributed by atoms with Gasteiger partial charge in [-0.15, -0.1) is 0 Å². The molecule has 8 heteroatoms. The number of aromatic nitrogens is 2. The first-order valence-electron chi connectivity index (χ1n) is 13.3. The average Bonchev–Trinajstić information content (AvgIpc) is 3.21. The van der Waals surface area contributed by atoms with Gasteiger partial charge in [0.15, 0.2) is 0 Å². The van der Waals surface area contributed by atoms with Crippen molar-refractivity contribution in [3.63, 3.8) is 0 Å². The molecule has 0 unspecified atom stereocenters. The monoisotopic (exact) mass is 485 g/mol. The summed E-state index contributed by atoms with van der Waals surface area (Å²) in [6.45, 7) is 9.61. The molecule has 8 nitrogen and oxygen atoms in total. The van der Waals surface area contributed by atoms with Gasteiger partial charge < -0.3 is 20.7 Å². The van der Waals surface area contributed by atoms with Crippen LogP contribution in [0.25, 0.3) is 6.20 Å². The number of likely N-dealkylation sites (N-methyl/N-ethyl adjacent to an activating group) is 1. The topological polar surface area (TPSA) is 97.3 Å². The predicted octanol–water partition coefficient (Wildman–Crippen LogP) is 3.30. The fourth-order valence-corrected chi connectivity index (χ4v) is 6.25. The van der Waals surface area contributed by atoms with Crippen molar-refractivity contribution in [1.82, 2.24) is 25.7 Å². The first-order valence-corrected chi connectivity index (χ1v) is 13.3. The van der Waals surface area contributed by atoms with E-state index in [2.05, 4.69) is 34.9 Å². The Labute approximate surface area is 209 Å². The molecule has 2 amide bonds. The number of carbonyl (C=O) groups is 2. The summed E-state index contributed by atoms with van der Waals surface area (Å²) in [6, 6.07) is 0.257. The lowest BCUT2D eigenvalue weighted by atomic mass is 9.54. The summed E-state index contributed by atoms with van der Waals surface area (Å²) in [5.74, 6) is 3.50. The summed E-state index contributed by atoms with van der Waals surface area (Å²) < 4.78 is 7.66. The summed E-state index contributed by atoms with van der Waals surface area (Å²) in [5.41, 5.74) is -0.280. The van der Waals surface area contributed by atoms with E-state index in [4.69, 9.17) is 4.74 Å². The van der Waals surface area contributed by atoms with Gasteiger partial charge in [-0.1, -0.05) is 19.9 Å². The molecular weight excluding hydrogens is 442 g/mol. The highest BCUT2D eigenvalue weighted by Crippen LogP contribution is 2.53. The van der Waals surface area contributed by atoms with Gasteiger partial charge in [-0.2, -0.15) is 5.10 Å². The van der Waals surface area contributed by atoms with Crippen LogP contribution in [0.1, 0.15) is 70.2 Å². The van der Waals surface area contributed by atoms with Gasteiger partial charge in [0.1, 0.15) is 5.56 Å². The molecule has 0 spiro atoms. The van der Waals surface area contributed by atoms with Gasteiger partial charge in [0.05, 0.1) is 18.2 Å². The van der Waals surface area contributed by atoms with Gasteiger partial charge >= 0.3 is 0 Å². The van der Waals surface area contributed by atoms with Crippen molar-refractivity contribution in [2.24, 2.45) is 35.0 Å². The van der Waals surface area contributed by atoms with Gasteiger partial charge in [-0.25, -0.2) is 4.68 Å². The highest BCUT2D eigenvalue weighted by atomic mass is 16.5. The molecule has 3 N–H and O–H groups in total. The molecule has 0 radical (unpaired) electrons. The Bertz CT molecular complexity index is 907. The van der Waals surface area contributed by atoms with E-state index in [0.717, 1.165) is 11.8 Å². The molecule has 4 saturated carbocycles. The van der Waals surface area contributed by atoms with E-state index in [1.54, 1.807) is 23.2 Å². The Morgan fingerprint density at radius 2 is 1.80 bits per heavy atom. The molecule has 0 aromatic carbocycles. The highest BCUT2D eigenvalue weighted by molar-refractivity contribution is 5.96. The number of nitrogens with one attached hydrogen (secondary N) is 3. The van der Waals surface area contributed by atoms with Crippen LogP contribution in [-0.4, -0.2) is 54.4 Å². The quantitative estimate of drug-likeness (QED) is 0.418. The van der Waals surface area contributed by atoms with Crippen molar-refractivity contribution < 1.29 is 14.3 Å². The van der Waals surface area contributed by atoms with Gasteiger partial charge in [-0.05, 0) is 82.6 Å². The summed E-state index contributed by atoms with van der Waals surface area (Å²) in [4.78, 5) is 26.0. The van der Waals surface area contributed by atoms with Crippen molar-refractivity contribution in [1.29, 1.82) is 0 Å². The summed E-state index contributed by atoms with van der Waals surface area (Å²) in [5, 5.41) is 13.8. The standard InChI is InChI=1S/C27H43N5O3/c1-17(2)16-35-25-22(15-30-32(25)9-6-27(3,4)26(34)29-8-7-28-5)24(33)31-23-20-11-18-10-19(13-20)14-21(23)12-18/h6,9,15,17-21,23,28H,7-8,10-14,16H2,1-5H3,(H,29,34)(H,31,33). The third-order valence-corrected chi connectivity index (χ3v) is 7.95. The number of nitrogens with zero attached hydrogens (tertiary/aromatic N) is 2. The summed E-state index contributed by atoms with van der Waals surface area (Å²) >= 11 is 0. The molecule has 35 heavy (non-hydrogen) atoms. The van der Waals surface area contributed by atoms with Gasteiger partial charge in [-0.3, -0.25) is 9.59 Å². The second-order valence-electron chi connectivity index (χ2n) is 11.8. The Hall–Kier alpha value is -2.35. The van der Waals surface area contributed by atoms with Gasteiger partial charge in [0.2, 0.25) is 11.8 Å². The van der Waals surface area contributed by atoms with E-state index in [1.807, 2.05) is 20.9 Å². The molecule has 4 aliphatic rings. The first kappa shape index (κ1) is 25.7. The highest BCUT2D eigenvalue weighted by Gasteiger charge is 2.48. The summed E-state index contributed by atoms with van der Waals surface area (Å²) in [6.07, 6.45) is 11.5. The van der Waals surface area contributed by atoms with Crippen LogP contribution in [0.15, 0.2) is 12.3 Å². The lowest BCUT2D eigenvalue weighted by Crippen LogP contribution is -2.55. The molecule has 4 bridgehead atoms. The zero-order chi connectivity index (χ0) is 25.2. The zero-order valence-corrected chi connectivity index (χ0v) is 22.0. The maximum Gasteiger partial charge on any atom is 0.258 e. The zero-order valence-electron chi connectivity index (χ0n) is 22.0. The largest absolute Gasteiger partial charge is 0.477 e. The number of amides is 2. The SMILES string of the molecule is CNCCNC(=O)C(C)(C)C=Cn1ncc(C(=O)NC2C3CC4CC(C3)CC2C4)c1OCC(C)C. The molecule has 1 heterocycles. The minimum absolute atomic E-state index is 0.0688. The predicted molar refractivity (Wildman–Crippen MR) is 137 cm³/mol. The molecule has 4 aliphatic carbocycles. The molecule has 1 aromatic rings. The third kappa shape index (κ3) is 5.90. The number of hydrogen-bond acceptors (Lipinski definition) is 5. The lowest BCUT2D eigenvalue weighted by molar-refractivity contribution is -0.127. The Morgan fingerprint density at radius 3 is 2.40 bits per heavy atom. The van der Waals surface area contributed by atoms with E-state index in [9.17, 15) is 9.59 Å². The maximum atomic E-state index is 13.4. The number of rotatable bonds is 11. The maximum absolute atomic E-state index is 13.4. The third-order valence-electron chi connectivity index (χ3n) is 7.95. The molecular formula is C27H43N5O3. The first-order chi connectivity index (χ1) is 16.7. The number of hydrogen-bond donors (Lipinski definition) is 3. The van der Waals surface area contributed by atoms with Crippen molar-refractivity contribution in [2.45, 2.75) is 65.8 Å². The molecule has 0 aliphatic heterocycles. The fraction of sp³-hybridized carbons (Fsp3) is 0.741. The van der Waals surface area contributed by atoms with Crippen LogP contribution in [0.4, 0.5) is 0 Å². The number of ether oxygens (including phenoxy) is 1. The van der Waals surface area contributed by atoms with E-state index in [0.29, 0.717) is 48.9 Å². The smallest absolute Gasteiger partial charge is 0.258 e. The molecule has 194 valence electrons. The van der Waals surface area contributed by atoms with E-state index in [1.165, 1.54) is 32.1 Å². The van der Waals surface area contributed by atoms with Gasteiger partial charge in [0.25, 0.3) is 5.91 Å². The minimum Gasteiger partial charge on any atom is -0.477 e. The normalized spacial score (nSPS) is 27.5. The van der Waals surface area contributed by atoms with Crippen LogP contribution in [-0.2, 0) is 4.79 Å². The van der Waals surface area contributed by atoms with Crippen LogP contribution < -0.4 is 20.7 Å². The second kappa shape index (κ2) is 10.7. The van der Waals surface area contributed by atoms with Crippen LogP contribution in [0.5, 0.6) is 5.88 Å². The lowest BCUT2D eigenvalue weighted by Gasteiger charge is -2.54. The fourth-order valence-electron chi connectivity index (χ4n) is 6.25. The van der Waals surface area contributed by atoms with Crippen molar-refractivity contribution in [3.8, 4) is 5.88 Å². The molecule has 0 atom stereocenters. The molecule has 5 rings (SSSR count). The van der Waals surface area contributed by atoms with Crippen LogP contribution in [0, 0.1) is 35.0 Å². The van der Waals surface area contributed by atoms with Crippen LogP contribution in [0.2, 0.25) is 0 Å². The molecule has 4 fully saturated rings. The van der Waals surface area contributed by atoms with Crippen LogP contribution in [0.3, 0.4) is 0 Å². The number of carbonyl (C=O) groups excluding carboxylic acids is 2. The van der Waals surface area contributed by atoms with Crippen LogP contribution >= 0.6 is 0 Å². The Morgan fingerprint density at radius 1 is 1.14 bits per heavy atom. The van der Waals surface area contributed by atoms with Crippen molar-refractivity contribution >= 4 is 18.0 Å². The Balaban J connectivity index is 1.49. The van der Waals surface area contributed by atoms with Gasteiger partial charge in [0, 0.05) is 25.3 Å². The minimum atomic E-state index is -0.738. The summed E-state index contributed by atoms with van der Waals surface area (Å²) in [7, 11) is 1.85. The average molecular weight is 486 g/mol. The molecule has 1 aromatic heterocycles. The van der Waals surface area contributed by atoms with Crippen molar-refractivity contribution in [3.05, 3.63) is 17.8 Å².